The fourth-order valence-electron chi connectivity index (χ4n) is 0.976. The molecule has 0 fully saturated rings. The largest absolute Gasteiger partial charge is 0.432 e. The summed E-state index contributed by atoms with van der Waals surface area (Å²) in [6, 6.07) is 0.596. The Hall–Kier alpha value is -1.03. The summed E-state index contributed by atoms with van der Waals surface area (Å²) in [5, 5.41) is 6.36. The van der Waals surface area contributed by atoms with E-state index in [2.05, 4.69) is 36.4 Å². The third-order valence-corrected chi connectivity index (χ3v) is 1.68. The average Bonchev–Trinajstić information content (AvgIpc) is 2.49. The second kappa shape index (κ2) is 4.46. The Labute approximate surface area is 85.1 Å². The fraction of sp³-hybridized carbons (Fsp3) is 0.700. The first-order chi connectivity index (χ1) is 6.51. The van der Waals surface area contributed by atoms with Gasteiger partial charge in [-0.05, 0) is 27.7 Å². The zero-order valence-electron chi connectivity index (χ0n) is 9.35. The summed E-state index contributed by atoms with van der Waals surface area (Å²) in [7, 11) is 0. The highest BCUT2D eigenvalue weighted by Crippen LogP contribution is 2.08. The summed E-state index contributed by atoms with van der Waals surface area (Å²) in [5.74, 6) is 0. The Kier molecular flexibility index (Phi) is 3.52. The van der Waals surface area contributed by atoms with Crippen LogP contribution in [-0.2, 0) is 6.54 Å². The van der Waals surface area contributed by atoms with Crippen LogP contribution < -0.4 is 10.6 Å². The molecule has 0 aliphatic rings. The smallest absolute Gasteiger partial charge is 0.294 e. The van der Waals surface area contributed by atoms with Gasteiger partial charge in [-0.1, -0.05) is 0 Å². The molecule has 0 aliphatic heterocycles. The molecular formula is C10H19N3O. The highest BCUT2D eigenvalue weighted by atomic mass is 16.4. The molecule has 2 N–H and O–H groups in total. The van der Waals surface area contributed by atoms with Crippen molar-refractivity contribution in [2.45, 2.75) is 39.8 Å². The minimum absolute atomic E-state index is 0.108. The topological polar surface area (TPSA) is 50.1 Å². The maximum absolute atomic E-state index is 5.21. The van der Waals surface area contributed by atoms with Crippen LogP contribution in [0.2, 0.25) is 0 Å². The molecule has 80 valence electrons. The first-order valence-electron chi connectivity index (χ1n) is 4.94. The maximum Gasteiger partial charge on any atom is 0.294 e. The molecule has 1 rings (SSSR count). The van der Waals surface area contributed by atoms with Crippen molar-refractivity contribution in [2.75, 3.05) is 11.9 Å². The molecule has 0 aromatic carbocycles. The van der Waals surface area contributed by atoms with Crippen molar-refractivity contribution in [2.24, 2.45) is 0 Å². The number of oxazole rings is 1. The van der Waals surface area contributed by atoms with E-state index in [4.69, 9.17) is 4.42 Å². The van der Waals surface area contributed by atoms with Crippen molar-refractivity contribution in [3.8, 4) is 0 Å². The quantitative estimate of drug-likeness (QED) is 0.775. The van der Waals surface area contributed by atoms with Crippen LogP contribution >= 0.6 is 0 Å². The van der Waals surface area contributed by atoms with E-state index in [0.29, 0.717) is 6.01 Å². The van der Waals surface area contributed by atoms with Crippen molar-refractivity contribution in [3.63, 3.8) is 0 Å². The van der Waals surface area contributed by atoms with Gasteiger partial charge < -0.3 is 15.1 Å². The molecule has 0 atom stereocenters. The summed E-state index contributed by atoms with van der Waals surface area (Å²) in [6.07, 6.45) is 1.68. The third kappa shape index (κ3) is 3.79. The molecule has 0 saturated carbocycles. The minimum Gasteiger partial charge on any atom is -0.432 e. The zero-order valence-corrected chi connectivity index (χ0v) is 9.35. The Morgan fingerprint density at radius 1 is 1.43 bits per heavy atom. The van der Waals surface area contributed by atoms with E-state index < -0.39 is 0 Å². The van der Waals surface area contributed by atoms with Crippen LogP contribution in [0.25, 0.3) is 0 Å². The van der Waals surface area contributed by atoms with Gasteiger partial charge in [0.1, 0.15) is 6.26 Å². The van der Waals surface area contributed by atoms with Crippen molar-refractivity contribution >= 4 is 6.01 Å². The molecule has 0 radical (unpaired) electrons. The average molecular weight is 197 g/mol. The number of rotatable bonds is 4. The summed E-state index contributed by atoms with van der Waals surface area (Å²) in [4.78, 5) is 4.26. The molecule has 0 saturated heterocycles. The van der Waals surface area contributed by atoms with Gasteiger partial charge in [-0.15, -0.1) is 0 Å². The molecule has 0 unspecified atom stereocenters. The lowest BCUT2D eigenvalue weighted by Gasteiger charge is -2.19. The molecule has 1 aromatic rings. The van der Waals surface area contributed by atoms with Gasteiger partial charge in [0.15, 0.2) is 0 Å². The predicted octanol–water partition coefficient (Wildman–Crippen LogP) is 1.99. The molecule has 1 heterocycles. The first kappa shape index (κ1) is 11.0. The van der Waals surface area contributed by atoms with Gasteiger partial charge in [-0.3, -0.25) is 0 Å². The molecule has 14 heavy (non-hydrogen) atoms. The second-order valence-electron chi connectivity index (χ2n) is 4.28. The van der Waals surface area contributed by atoms with Crippen LogP contribution in [0.4, 0.5) is 6.01 Å². The molecule has 0 spiro atoms. The molecule has 1 aromatic heterocycles. The van der Waals surface area contributed by atoms with Crippen LogP contribution in [-0.4, -0.2) is 17.1 Å². The van der Waals surface area contributed by atoms with Gasteiger partial charge >= 0.3 is 0 Å². The first-order valence-corrected chi connectivity index (χ1v) is 4.94. The van der Waals surface area contributed by atoms with Gasteiger partial charge in [0, 0.05) is 18.6 Å². The van der Waals surface area contributed by atoms with E-state index in [1.165, 1.54) is 0 Å². The number of nitrogens with zero attached hydrogens (tertiary/aromatic N) is 1. The van der Waals surface area contributed by atoms with Gasteiger partial charge in [-0.2, -0.15) is 4.98 Å². The van der Waals surface area contributed by atoms with E-state index in [0.717, 1.165) is 18.8 Å². The van der Waals surface area contributed by atoms with E-state index >= 15 is 0 Å². The highest BCUT2D eigenvalue weighted by Gasteiger charge is 2.10. The summed E-state index contributed by atoms with van der Waals surface area (Å²) in [6.45, 7) is 9.94. The second-order valence-corrected chi connectivity index (χ2v) is 4.28. The maximum atomic E-state index is 5.21. The summed E-state index contributed by atoms with van der Waals surface area (Å²) < 4.78 is 5.21. The van der Waals surface area contributed by atoms with E-state index in [9.17, 15) is 0 Å². The molecule has 4 heteroatoms. The normalized spacial score (nSPS) is 11.7. The Balaban J connectivity index is 2.44. The number of nitrogens with one attached hydrogen (secondary N) is 2. The lowest BCUT2D eigenvalue weighted by molar-refractivity contribution is 0.421. The number of hydrogen-bond donors (Lipinski definition) is 2. The molecule has 4 nitrogen and oxygen atoms in total. The Bertz CT molecular complexity index is 275. The monoisotopic (exact) mass is 197 g/mol. The lowest BCUT2D eigenvalue weighted by atomic mass is 10.1. The van der Waals surface area contributed by atoms with Crippen LogP contribution in [0.3, 0.4) is 0 Å². The zero-order chi connectivity index (χ0) is 10.6. The third-order valence-electron chi connectivity index (χ3n) is 1.68. The van der Waals surface area contributed by atoms with Crippen molar-refractivity contribution in [1.82, 2.24) is 10.3 Å². The lowest BCUT2D eigenvalue weighted by Crippen LogP contribution is -2.35. The van der Waals surface area contributed by atoms with E-state index in [1.807, 2.05) is 6.92 Å². The van der Waals surface area contributed by atoms with Gasteiger partial charge in [-0.25, -0.2) is 0 Å². The number of anilines is 1. The molecule has 0 bridgehead atoms. The van der Waals surface area contributed by atoms with Crippen molar-refractivity contribution in [1.29, 1.82) is 0 Å². The summed E-state index contributed by atoms with van der Waals surface area (Å²) in [5.41, 5.74) is 1.04. The molecule has 0 aliphatic carbocycles. The Morgan fingerprint density at radius 3 is 2.71 bits per heavy atom. The standard InChI is InChI=1S/C10H19N3O/c1-5-11-9-13-8(7-14-9)6-12-10(2,3)4/h7,12H,5-6H2,1-4H3,(H,11,13). The van der Waals surface area contributed by atoms with Crippen LogP contribution in [0.5, 0.6) is 0 Å². The van der Waals surface area contributed by atoms with E-state index in [-0.39, 0.29) is 5.54 Å². The van der Waals surface area contributed by atoms with Gasteiger partial charge in [0.05, 0.1) is 5.69 Å². The van der Waals surface area contributed by atoms with Crippen molar-refractivity contribution < 1.29 is 4.42 Å². The minimum atomic E-state index is 0.108. The predicted molar refractivity (Wildman–Crippen MR) is 57.3 cm³/mol. The van der Waals surface area contributed by atoms with Crippen LogP contribution in [0.1, 0.15) is 33.4 Å². The van der Waals surface area contributed by atoms with Gasteiger partial charge in [0.25, 0.3) is 6.01 Å². The Morgan fingerprint density at radius 2 is 2.14 bits per heavy atom. The van der Waals surface area contributed by atoms with Crippen molar-refractivity contribution in [3.05, 3.63) is 12.0 Å². The summed E-state index contributed by atoms with van der Waals surface area (Å²) >= 11 is 0. The fourth-order valence-corrected chi connectivity index (χ4v) is 0.976. The number of aromatic nitrogens is 1. The van der Waals surface area contributed by atoms with Gasteiger partial charge in [0.2, 0.25) is 0 Å². The SMILES string of the molecule is CCNc1nc(CNC(C)(C)C)co1. The van der Waals surface area contributed by atoms with Crippen LogP contribution in [0.15, 0.2) is 10.7 Å². The van der Waals surface area contributed by atoms with Crippen LogP contribution in [0, 0.1) is 0 Å². The molecule has 0 amide bonds. The molecular weight excluding hydrogens is 178 g/mol. The van der Waals surface area contributed by atoms with E-state index in [1.54, 1.807) is 6.26 Å². The highest BCUT2D eigenvalue weighted by molar-refractivity contribution is 5.20. The number of hydrogen-bond acceptors (Lipinski definition) is 4.